The number of nitrogens with zero attached hydrogens (tertiary/aromatic N) is 1. The Balaban J connectivity index is 1.74. The second kappa shape index (κ2) is 6.88. The molecule has 0 spiro atoms. The van der Waals surface area contributed by atoms with Gasteiger partial charge >= 0.3 is 0 Å². The average Bonchev–Trinajstić information content (AvgIpc) is 3.26. The first-order valence-corrected chi connectivity index (χ1v) is 9.62. The molecule has 3 saturated heterocycles. The maximum atomic E-state index is 13.3. The summed E-state index contributed by atoms with van der Waals surface area (Å²) in [5.41, 5.74) is -0.161. The van der Waals surface area contributed by atoms with Crippen molar-refractivity contribution in [1.82, 2.24) is 10.2 Å². The van der Waals surface area contributed by atoms with Gasteiger partial charge in [0.25, 0.3) is 0 Å². The predicted molar refractivity (Wildman–Crippen MR) is 86.6 cm³/mol. The maximum absolute atomic E-state index is 13.3. The molecule has 0 aromatic heterocycles. The van der Waals surface area contributed by atoms with Crippen molar-refractivity contribution in [3.05, 3.63) is 0 Å². The molecule has 0 radical (unpaired) electrons. The predicted octanol–water partition coefficient (Wildman–Crippen LogP) is 1.89. The highest BCUT2D eigenvalue weighted by Gasteiger charge is 2.44. The Hall–Kier alpha value is -0.260. The lowest BCUT2D eigenvalue weighted by Crippen LogP contribution is -2.52. The third-order valence-electron chi connectivity index (χ3n) is 5.41. The van der Waals surface area contributed by atoms with E-state index in [1.807, 2.05) is 11.8 Å². The van der Waals surface area contributed by atoms with E-state index >= 15 is 0 Å². The summed E-state index contributed by atoms with van der Waals surface area (Å²) >= 11 is 1.98. The highest BCUT2D eigenvalue weighted by molar-refractivity contribution is 7.99. The standard InChI is InChI=1S/C16H28N2O2S/c1-2-16(6-7-17-12-16)15(19)18(13-5-9-21-11-13)10-14-4-3-8-20-14/h13-14,17H,2-12H2,1H3. The molecule has 0 aromatic carbocycles. The minimum absolute atomic E-state index is 0.161. The largest absolute Gasteiger partial charge is 0.376 e. The molecule has 1 N–H and O–H groups in total. The van der Waals surface area contributed by atoms with Gasteiger partial charge in [0.05, 0.1) is 11.5 Å². The molecule has 0 aromatic rings. The van der Waals surface area contributed by atoms with Gasteiger partial charge in [-0.3, -0.25) is 4.79 Å². The number of ether oxygens (including phenoxy) is 1. The van der Waals surface area contributed by atoms with Crippen LogP contribution in [0, 0.1) is 5.41 Å². The molecule has 3 atom stereocenters. The summed E-state index contributed by atoms with van der Waals surface area (Å²) in [6, 6.07) is 0.427. The number of rotatable bonds is 5. The van der Waals surface area contributed by atoms with E-state index in [9.17, 15) is 4.79 Å². The number of hydrogen-bond acceptors (Lipinski definition) is 4. The van der Waals surface area contributed by atoms with Gasteiger partial charge in [0.15, 0.2) is 0 Å². The van der Waals surface area contributed by atoms with E-state index in [0.717, 1.165) is 64.1 Å². The van der Waals surface area contributed by atoms with Crippen LogP contribution in [-0.2, 0) is 9.53 Å². The van der Waals surface area contributed by atoms with Crippen molar-refractivity contribution in [2.45, 2.75) is 51.2 Å². The SMILES string of the molecule is CCC1(C(=O)N(CC2CCCO2)C2CCSC2)CCNC1. The third kappa shape index (κ3) is 3.25. The summed E-state index contributed by atoms with van der Waals surface area (Å²) in [5.74, 6) is 2.68. The van der Waals surface area contributed by atoms with Crippen molar-refractivity contribution < 1.29 is 9.53 Å². The van der Waals surface area contributed by atoms with Crippen molar-refractivity contribution >= 4 is 17.7 Å². The van der Waals surface area contributed by atoms with Crippen LogP contribution in [-0.4, -0.2) is 60.7 Å². The van der Waals surface area contributed by atoms with Crippen LogP contribution in [0.4, 0.5) is 0 Å². The summed E-state index contributed by atoms with van der Waals surface area (Å²) in [7, 11) is 0. The molecule has 4 nitrogen and oxygen atoms in total. The van der Waals surface area contributed by atoms with Gasteiger partial charge in [0.2, 0.25) is 5.91 Å². The number of carbonyl (C=O) groups is 1. The van der Waals surface area contributed by atoms with Gasteiger partial charge in [-0.25, -0.2) is 0 Å². The van der Waals surface area contributed by atoms with Gasteiger partial charge in [-0.2, -0.15) is 11.8 Å². The van der Waals surface area contributed by atoms with Gasteiger partial charge in [-0.1, -0.05) is 6.92 Å². The minimum Gasteiger partial charge on any atom is -0.376 e. The molecule has 21 heavy (non-hydrogen) atoms. The first kappa shape index (κ1) is 15.6. The summed E-state index contributed by atoms with van der Waals surface area (Å²) in [6.45, 7) is 5.67. The molecular formula is C16H28N2O2S. The molecule has 3 rings (SSSR count). The maximum Gasteiger partial charge on any atom is 0.230 e. The first-order chi connectivity index (χ1) is 10.2. The van der Waals surface area contributed by atoms with E-state index in [-0.39, 0.29) is 11.5 Å². The zero-order valence-corrected chi connectivity index (χ0v) is 13.9. The highest BCUT2D eigenvalue weighted by atomic mass is 32.2. The van der Waals surface area contributed by atoms with E-state index in [0.29, 0.717) is 11.9 Å². The molecule has 3 aliphatic rings. The Kier molecular flexibility index (Phi) is 5.12. The van der Waals surface area contributed by atoms with Crippen LogP contribution in [0.5, 0.6) is 0 Å². The number of hydrogen-bond donors (Lipinski definition) is 1. The summed E-state index contributed by atoms with van der Waals surface area (Å²) in [6.07, 6.45) is 5.61. The second-order valence-corrected chi connectivity index (χ2v) is 7.82. The summed E-state index contributed by atoms with van der Waals surface area (Å²) in [5, 5.41) is 3.40. The van der Waals surface area contributed by atoms with Crippen LogP contribution in [0.3, 0.4) is 0 Å². The van der Waals surface area contributed by atoms with Crippen LogP contribution in [0.15, 0.2) is 0 Å². The quantitative estimate of drug-likeness (QED) is 0.842. The van der Waals surface area contributed by atoms with Crippen LogP contribution in [0.2, 0.25) is 0 Å². The molecule has 0 aliphatic carbocycles. The monoisotopic (exact) mass is 312 g/mol. The molecule has 1 amide bonds. The van der Waals surface area contributed by atoms with E-state index in [1.54, 1.807) is 0 Å². The van der Waals surface area contributed by atoms with Crippen molar-refractivity contribution in [3.63, 3.8) is 0 Å². The molecule has 0 saturated carbocycles. The highest BCUT2D eigenvalue weighted by Crippen LogP contribution is 2.35. The Morgan fingerprint density at radius 3 is 2.95 bits per heavy atom. The van der Waals surface area contributed by atoms with Gasteiger partial charge in [0, 0.05) is 31.5 Å². The number of thioether (sulfide) groups is 1. The van der Waals surface area contributed by atoms with E-state index in [4.69, 9.17) is 4.74 Å². The number of amides is 1. The van der Waals surface area contributed by atoms with Gasteiger partial charge in [-0.15, -0.1) is 0 Å². The molecule has 5 heteroatoms. The molecule has 3 aliphatic heterocycles. The fourth-order valence-corrected chi connectivity index (χ4v) is 5.08. The number of nitrogens with one attached hydrogen (secondary N) is 1. The van der Waals surface area contributed by atoms with Gasteiger partial charge < -0.3 is 15.0 Å². The Morgan fingerprint density at radius 1 is 1.48 bits per heavy atom. The van der Waals surface area contributed by atoms with Crippen molar-refractivity contribution in [1.29, 1.82) is 0 Å². The second-order valence-electron chi connectivity index (χ2n) is 6.67. The lowest BCUT2D eigenvalue weighted by Gasteiger charge is -2.38. The Bertz CT molecular complexity index is 359. The van der Waals surface area contributed by atoms with Gasteiger partial charge in [0.1, 0.15) is 0 Å². The van der Waals surface area contributed by atoms with Crippen molar-refractivity contribution in [3.8, 4) is 0 Å². The van der Waals surface area contributed by atoms with Crippen LogP contribution in [0.1, 0.15) is 39.0 Å². The lowest BCUT2D eigenvalue weighted by molar-refractivity contribution is -0.145. The third-order valence-corrected chi connectivity index (χ3v) is 6.55. The van der Waals surface area contributed by atoms with Gasteiger partial charge in [-0.05, 0) is 44.4 Å². The topological polar surface area (TPSA) is 41.6 Å². The Labute approximate surface area is 132 Å². The normalized spacial score (nSPS) is 36.2. The van der Waals surface area contributed by atoms with Crippen LogP contribution in [0.25, 0.3) is 0 Å². The van der Waals surface area contributed by atoms with Crippen LogP contribution < -0.4 is 5.32 Å². The minimum atomic E-state index is -0.161. The smallest absolute Gasteiger partial charge is 0.230 e. The molecule has 3 heterocycles. The number of carbonyl (C=O) groups excluding carboxylic acids is 1. The fraction of sp³-hybridized carbons (Fsp3) is 0.938. The summed E-state index contributed by atoms with van der Waals surface area (Å²) in [4.78, 5) is 15.5. The molecule has 120 valence electrons. The Morgan fingerprint density at radius 2 is 2.38 bits per heavy atom. The van der Waals surface area contributed by atoms with E-state index < -0.39 is 0 Å². The fourth-order valence-electron chi connectivity index (χ4n) is 3.86. The zero-order chi connectivity index (χ0) is 14.7. The first-order valence-electron chi connectivity index (χ1n) is 8.46. The van der Waals surface area contributed by atoms with Crippen molar-refractivity contribution in [2.75, 3.05) is 37.7 Å². The van der Waals surface area contributed by atoms with E-state index in [1.165, 1.54) is 5.75 Å². The molecule has 0 bridgehead atoms. The zero-order valence-electron chi connectivity index (χ0n) is 13.1. The molecule has 3 unspecified atom stereocenters. The molecule has 3 fully saturated rings. The average molecular weight is 312 g/mol. The van der Waals surface area contributed by atoms with E-state index in [2.05, 4.69) is 17.1 Å². The van der Waals surface area contributed by atoms with Crippen molar-refractivity contribution in [2.24, 2.45) is 5.41 Å². The summed E-state index contributed by atoms with van der Waals surface area (Å²) < 4.78 is 5.81. The molecular weight excluding hydrogens is 284 g/mol. The lowest BCUT2D eigenvalue weighted by atomic mass is 9.82. The van der Waals surface area contributed by atoms with Crippen LogP contribution >= 0.6 is 11.8 Å².